The third-order valence-electron chi connectivity index (χ3n) is 4.41. The van der Waals surface area contributed by atoms with E-state index in [2.05, 4.69) is 26.8 Å². The van der Waals surface area contributed by atoms with Gasteiger partial charge in [0.05, 0.1) is 26.4 Å². The first-order chi connectivity index (χ1) is 10.7. The predicted octanol–water partition coefficient (Wildman–Crippen LogP) is 4.81. The average Bonchev–Trinajstić information content (AvgIpc) is 2.51. The summed E-state index contributed by atoms with van der Waals surface area (Å²) in [5, 5.41) is 0. The summed E-state index contributed by atoms with van der Waals surface area (Å²) in [6.07, 6.45) is 7.48. The number of ether oxygens (including phenoxy) is 3. The minimum atomic E-state index is 0.266. The number of unbranched alkanes of at least 4 members (excludes halogenated alkanes) is 4. The predicted molar refractivity (Wildman–Crippen MR) is 89.9 cm³/mol. The third kappa shape index (κ3) is 4.16. The van der Waals surface area contributed by atoms with Gasteiger partial charge >= 0.3 is 0 Å². The molecule has 0 radical (unpaired) electrons. The van der Waals surface area contributed by atoms with E-state index in [1.807, 2.05) is 0 Å². The van der Waals surface area contributed by atoms with Crippen molar-refractivity contribution in [1.29, 1.82) is 0 Å². The molecule has 0 aliphatic carbocycles. The summed E-state index contributed by atoms with van der Waals surface area (Å²) in [5.41, 5.74) is 3.59. The summed E-state index contributed by atoms with van der Waals surface area (Å²) in [6.45, 7) is 7.85. The number of rotatable bonds is 8. The summed E-state index contributed by atoms with van der Waals surface area (Å²) in [7, 11) is 1.73. The minimum absolute atomic E-state index is 0.266. The first-order valence-electron chi connectivity index (χ1n) is 8.61. The molecule has 0 amide bonds. The zero-order chi connectivity index (χ0) is 15.9. The van der Waals surface area contributed by atoms with Crippen molar-refractivity contribution in [2.75, 3.05) is 13.7 Å². The van der Waals surface area contributed by atoms with Crippen LogP contribution in [-0.2, 0) is 17.8 Å². The second-order valence-electron chi connectivity index (χ2n) is 6.26. The van der Waals surface area contributed by atoms with E-state index in [4.69, 9.17) is 14.2 Å². The standard InChI is InChI=1S/C19H30O3/c1-5-6-7-8-9-10-21-18-12-16-11-14(2)22-13-17(16)19(20-4)15(18)3/h12,14H,5-11,13H2,1-4H3. The Morgan fingerprint density at radius 2 is 2.00 bits per heavy atom. The number of methoxy groups -OCH3 is 1. The number of hydrogen-bond acceptors (Lipinski definition) is 3. The molecule has 1 unspecified atom stereocenters. The molecule has 0 N–H and O–H groups in total. The van der Waals surface area contributed by atoms with Crippen molar-refractivity contribution in [3.63, 3.8) is 0 Å². The van der Waals surface area contributed by atoms with Gasteiger partial charge in [0.2, 0.25) is 0 Å². The second-order valence-corrected chi connectivity index (χ2v) is 6.26. The highest BCUT2D eigenvalue weighted by Gasteiger charge is 2.23. The fraction of sp³-hybridized carbons (Fsp3) is 0.684. The lowest BCUT2D eigenvalue weighted by molar-refractivity contribution is 0.0394. The van der Waals surface area contributed by atoms with Crippen LogP contribution in [0.5, 0.6) is 11.5 Å². The highest BCUT2D eigenvalue weighted by Crippen LogP contribution is 2.38. The zero-order valence-corrected chi connectivity index (χ0v) is 14.5. The van der Waals surface area contributed by atoms with Crippen LogP contribution in [-0.4, -0.2) is 19.8 Å². The van der Waals surface area contributed by atoms with Crippen LogP contribution in [0.3, 0.4) is 0 Å². The van der Waals surface area contributed by atoms with E-state index in [0.29, 0.717) is 6.61 Å². The molecule has 0 fully saturated rings. The van der Waals surface area contributed by atoms with Gasteiger partial charge in [0.1, 0.15) is 11.5 Å². The minimum Gasteiger partial charge on any atom is -0.496 e. The maximum atomic E-state index is 6.04. The van der Waals surface area contributed by atoms with E-state index in [0.717, 1.165) is 36.5 Å². The van der Waals surface area contributed by atoms with Crippen LogP contribution in [0.2, 0.25) is 0 Å². The molecular weight excluding hydrogens is 276 g/mol. The van der Waals surface area contributed by atoms with Crippen molar-refractivity contribution in [3.8, 4) is 11.5 Å². The van der Waals surface area contributed by atoms with Crippen LogP contribution in [0.1, 0.15) is 62.6 Å². The monoisotopic (exact) mass is 306 g/mol. The summed E-state index contributed by atoms with van der Waals surface area (Å²) in [6, 6.07) is 2.19. The van der Waals surface area contributed by atoms with Gasteiger partial charge < -0.3 is 14.2 Å². The van der Waals surface area contributed by atoms with Crippen LogP contribution in [0.15, 0.2) is 6.07 Å². The van der Waals surface area contributed by atoms with Gasteiger partial charge in [0.25, 0.3) is 0 Å². The van der Waals surface area contributed by atoms with Crippen molar-refractivity contribution in [3.05, 3.63) is 22.8 Å². The number of fused-ring (bicyclic) bond motifs is 1. The van der Waals surface area contributed by atoms with Gasteiger partial charge in [-0.25, -0.2) is 0 Å². The third-order valence-corrected chi connectivity index (χ3v) is 4.41. The molecular formula is C19H30O3. The first kappa shape index (κ1) is 17.1. The summed E-state index contributed by atoms with van der Waals surface area (Å²) in [5.74, 6) is 1.91. The van der Waals surface area contributed by atoms with Gasteiger partial charge in [-0.1, -0.05) is 32.6 Å². The van der Waals surface area contributed by atoms with Crippen molar-refractivity contribution >= 4 is 0 Å². The highest BCUT2D eigenvalue weighted by atomic mass is 16.5. The maximum Gasteiger partial charge on any atom is 0.131 e. The highest BCUT2D eigenvalue weighted by molar-refractivity contribution is 5.54. The Hall–Kier alpha value is -1.22. The molecule has 2 rings (SSSR count). The summed E-state index contributed by atoms with van der Waals surface area (Å²) < 4.78 is 17.4. The lowest BCUT2D eigenvalue weighted by Gasteiger charge is -2.26. The largest absolute Gasteiger partial charge is 0.496 e. The van der Waals surface area contributed by atoms with E-state index < -0.39 is 0 Å². The van der Waals surface area contributed by atoms with E-state index in [1.165, 1.54) is 36.8 Å². The normalized spacial score (nSPS) is 17.2. The molecule has 0 saturated carbocycles. The van der Waals surface area contributed by atoms with Gasteiger partial charge in [-0.2, -0.15) is 0 Å². The van der Waals surface area contributed by atoms with Crippen molar-refractivity contribution in [1.82, 2.24) is 0 Å². The summed E-state index contributed by atoms with van der Waals surface area (Å²) >= 11 is 0. The Labute approximate surface area is 135 Å². The Morgan fingerprint density at radius 1 is 1.23 bits per heavy atom. The Bertz CT molecular complexity index is 482. The summed E-state index contributed by atoms with van der Waals surface area (Å²) in [4.78, 5) is 0. The lowest BCUT2D eigenvalue weighted by Crippen LogP contribution is -2.20. The van der Waals surface area contributed by atoms with Crippen LogP contribution in [0.25, 0.3) is 0 Å². The molecule has 0 saturated heterocycles. The number of benzene rings is 1. The lowest BCUT2D eigenvalue weighted by atomic mass is 9.95. The van der Waals surface area contributed by atoms with Gasteiger partial charge in [-0.3, -0.25) is 0 Å². The molecule has 1 atom stereocenters. The molecule has 1 aliphatic heterocycles. The smallest absolute Gasteiger partial charge is 0.131 e. The average molecular weight is 306 g/mol. The van der Waals surface area contributed by atoms with E-state index in [1.54, 1.807) is 7.11 Å². The van der Waals surface area contributed by atoms with E-state index in [-0.39, 0.29) is 6.10 Å². The van der Waals surface area contributed by atoms with Crippen LogP contribution < -0.4 is 9.47 Å². The second kappa shape index (κ2) is 8.42. The Morgan fingerprint density at radius 3 is 2.73 bits per heavy atom. The SMILES string of the molecule is CCCCCCCOc1cc2c(c(OC)c1C)COC(C)C2. The molecule has 124 valence electrons. The quantitative estimate of drug-likeness (QED) is 0.645. The molecule has 0 spiro atoms. The fourth-order valence-corrected chi connectivity index (χ4v) is 3.09. The topological polar surface area (TPSA) is 27.7 Å². The molecule has 3 nitrogen and oxygen atoms in total. The van der Waals surface area contributed by atoms with Gasteiger partial charge in [-0.15, -0.1) is 0 Å². The van der Waals surface area contributed by atoms with Crippen molar-refractivity contribution in [2.24, 2.45) is 0 Å². The van der Waals surface area contributed by atoms with Crippen molar-refractivity contribution < 1.29 is 14.2 Å². The van der Waals surface area contributed by atoms with E-state index in [9.17, 15) is 0 Å². The molecule has 1 aromatic carbocycles. The molecule has 0 aromatic heterocycles. The molecule has 1 heterocycles. The Balaban J connectivity index is 2.03. The fourth-order valence-electron chi connectivity index (χ4n) is 3.09. The molecule has 3 heteroatoms. The number of hydrogen-bond donors (Lipinski definition) is 0. The van der Waals surface area contributed by atoms with Crippen LogP contribution >= 0.6 is 0 Å². The Kier molecular flexibility index (Phi) is 6.56. The van der Waals surface area contributed by atoms with Crippen LogP contribution in [0.4, 0.5) is 0 Å². The molecule has 1 aliphatic rings. The van der Waals surface area contributed by atoms with Gasteiger partial charge in [-0.05, 0) is 38.3 Å². The zero-order valence-electron chi connectivity index (χ0n) is 14.5. The van der Waals surface area contributed by atoms with Gasteiger partial charge in [0, 0.05) is 11.1 Å². The van der Waals surface area contributed by atoms with E-state index >= 15 is 0 Å². The molecule has 22 heavy (non-hydrogen) atoms. The van der Waals surface area contributed by atoms with Crippen LogP contribution in [0, 0.1) is 6.92 Å². The maximum absolute atomic E-state index is 6.04. The molecule has 1 aromatic rings. The molecule has 0 bridgehead atoms. The first-order valence-corrected chi connectivity index (χ1v) is 8.61. The van der Waals surface area contributed by atoms with Crippen molar-refractivity contribution in [2.45, 2.75) is 72.0 Å². The van der Waals surface area contributed by atoms with Gasteiger partial charge in [0.15, 0.2) is 0 Å².